The number of aromatic nitrogens is 1. The number of fused-ring (bicyclic) bond motifs is 1. The zero-order valence-corrected chi connectivity index (χ0v) is 16.2. The molecule has 26 heavy (non-hydrogen) atoms. The second kappa shape index (κ2) is 8.02. The van der Waals surface area contributed by atoms with Crippen LogP contribution < -0.4 is 15.2 Å². The third-order valence-corrected chi connectivity index (χ3v) is 5.09. The van der Waals surface area contributed by atoms with E-state index in [9.17, 15) is 0 Å². The fourth-order valence-electron chi connectivity index (χ4n) is 3.47. The number of hydrogen-bond acceptors (Lipinski definition) is 3. The number of nitrogens with two attached hydrogens (primary N) is 1. The van der Waals surface area contributed by atoms with Crippen LogP contribution in [0.25, 0.3) is 22.2 Å². The van der Waals surface area contributed by atoms with Crippen molar-refractivity contribution in [1.29, 1.82) is 0 Å². The van der Waals surface area contributed by atoms with E-state index in [-0.39, 0.29) is 0 Å². The molecule has 0 saturated carbocycles. The lowest BCUT2D eigenvalue weighted by atomic mass is 9.98. The van der Waals surface area contributed by atoms with Gasteiger partial charge in [-0.1, -0.05) is 23.7 Å². The molecule has 138 valence electrons. The lowest BCUT2D eigenvalue weighted by Gasteiger charge is -2.14. The van der Waals surface area contributed by atoms with Crippen molar-refractivity contribution in [3.8, 4) is 22.8 Å². The molecule has 5 heteroatoms. The molecule has 0 unspecified atom stereocenters. The first kappa shape index (κ1) is 18.6. The summed E-state index contributed by atoms with van der Waals surface area (Å²) >= 11 is 6.59. The zero-order valence-electron chi connectivity index (χ0n) is 15.5. The Morgan fingerprint density at radius 1 is 1.04 bits per heavy atom. The monoisotopic (exact) mass is 372 g/mol. The summed E-state index contributed by atoms with van der Waals surface area (Å²) in [4.78, 5) is 3.59. The number of aryl methyl sites for hydroxylation is 2. The second-order valence-electron chi connectivity index (χ2n) is 6.38. The normalized spacial score (nSPS) is 11.1. The van der Waals surface area contributed by atoms with Gasteiger partial charge in [0.25, 0.3) is 0 Å². The molecular formula is C21H25ClN2O2. The Morgan fingerprint density at radius 3 is 2.35 bits per heavy atom. The van der Waals surface area contributed by atoms with Gasteiger partial charge in [-0.05, 0) is 62.1 Å². The van der Waals surface area contributed by atoms with Crippen LogP contribution in [0.3, 0.4) is 0 Å². The van der Waals surface area contributed by atoms with Crippen molar-refractivity contribution in [2.24, 2.45) is 5.73 Å². The van der Waals surface area contributed by atoms with Gasteiger partial charge in [-0.15, -0.1) is 0 Å². The minimum Gasteiger partial charge on any atom is -0.496 e. The Hall–Kier alpha value is -2.17. The predicted octanol–water partition coefficient (Wildman–Crippen LogP) is 5.10. The van der Waals surface area contributed by atoms with E-state index in [1.165, 1.54) is 5.56 Å². The summed E-state index contributed by atoms with van der Waals surface area (Å²) in [5, 5.41) is 1.83. The van der Waals surface area contributed by atoms with Crippen molar-refractivity contribution in [2.75, 3.05) is 20.8 Å². The molecule has 0 fully saturated rings. The van der Waals surface area contributed by atoms with Crippen molar-refractivity contribution in [3.63, 3.8) is 0 Å². The SMILES string of the molecule is COc1cccc(OC)c1-c1[nH]c2c(C)ccc(Cl)c2c1CCCCN. The van der Waals surface area contributed by atoms with Crippen molar-refractivity contribution < 1.29 is 9.47 Å². The number of H-pyrrole nitrogens is 1. The van der Waals surface area contributed by atoms with E-state index >= 15 is 0 Å². The maximum Gasteiger partial charge on any atom is 0.131 e. The van der Waals surface area contributed by atoms with Crippen LogP contribution >= 0.6 is 11.6 Å². The Bertz CT molecular complexity index is 896. The van der Waals surface area contributed by atoms with Crippen LogP contribution in [-0.4, -0.2) is 25.7 Å². The highest BCUT2D eigenvalue weighted by Gasteiger charge is 2.22. The largest absolute Gasteiger partial charge is 0.496 e. The molecule has 0 saturated heterocycles. The third-order valence-electron chi connectivity index (χ3n) is 4.78. The third kappa shape index (κ3) is 3.27. The molecule has 0 aliphatic heterocycles. The number of unbranched alkanes of at least 4 members (excludes halogenated alkanes) is 1. The van der Waals surface area contributed by atoms with Gasteiger partial charge in [0.2, 0.25) is 0 Å². The first-order valence-corrected chi connectivity index (χ1v) is 9.21. The van der Waals surface area contributed by atoms with Crippen LogP contribution in [0, 0.1) is 6.92 Å². The summed E-state index contributed by atoms with van der Waals surface area (Å²) in [5.74, 6) is 1.54. The van der Waals surface area contributed by atoms with Crippen molar-refractivity contribution in [3.05, 3.63) is 46.5 Å². The lowest BCUT2D eigenvalue weighted by molar-refractivity contribution is 0.397. The molecule has 0 radical (unpaired) electrons. The first-order chi connectivity index (χ1) is 12.6. The van der Waals surface area contributed by atoms with Gasteiger partial charge in [-0.25, -0.2) is 0 Å². The number of ether oxygens (including phenoxy) is 2. The average molecular weight is 373 g/mol. The van der Waals surface area contributed by atoms with Crippen LogP contribution in [0.2, 0.25) is 5.02 Å². The summed E-state index contributed by atoms with van der Waals surface area (Å²) in [5.41, 5.74) is 11.0. The number of rotatable bonds is 7. The van der Waals surface area contributed by atoms with E-state index in [2.05, 4.69) is 11.9 Å². The molecule has 0 atom stereocenters. The number of aromatic amines is 1. The topological polar surface area (TPSA) is 60.3 Å². The standard InChI is InChI=1S/C21H25ClN2O2/c1-13-10-11-15(22)18-14(7-4-5-12-23)21(24-20(13)18)19-16(25-2)8-6-9-17(19)26-3/h6,8-11,24H,4-5,7,12,23H2,1-3H3. The Balaban J connectivity index is 2.31. The van der Waals surface area contributed by atoms with Gasteiger partial charge in [0.1, 0.15) is 11.5 Å². The average Bonchev–Trinajstić information content (AvgIpc) is 3.04. The highest BCUT2D eigenvalue weighted by atomic mass is 35.5. The molecule has 0 aliphatic carbocycles. The molecule has 1 aromatic heterocycles. The Labute approximate surface area is 159 Å². The summed E-state index contributed by atoms with van der Waals surface area (Å²) in [6, 6.07) is 9.82. The molecule has 1 heterocycles. The molecule has 3 N–H and O–H groups in total. The number of halogens is 1. The molecule has 3 rings (SSSR count). The number of benzene rings is 2. The maximum atomic E-state index is 6.59. The van der Waals surface area contributed by atoms with Crippen molar-refractivity contribution in [2.45, 2.75) is 26.2 Å². The number of methoxy groups -OCH3 is 2. The Kier molecular flexibility index (Phi) is 5.74. The minimum atomic E-state index is 0.683. The molecule has 0 bridgehead atoms. The summed E-state index contributed by atoms with van der Waals surface area (Å²) in [6.07, 6.45) is 2.85. The molecule has 0 aliphatic rings. The highest BCUT2D eigenvalue weighted by Crippen LogP contribution is 2.44. The minimum absolute atomic E-state index is 0.683. The van der Waals surface area contributed by atoms with Gasteiger partial charge in [0.05, 0.1) is 36.0 Å². The Morgan fingerprint density at radius 2 is 1.73 bits per heavy atom. The summed E-state index contributed by atoms with van der Waals surface area (Å²) in [7, 11) is 3.35. The van der Waals surface area contributed by atoms with Crippen LogP contribution in [0.15, 0.2) is 30.3 Å². The van der Waals surface area contributed by atoms with Gasteiger partial charge < -0.3 is 20.2 Å². The fourth-order valence-corrected chi connectivity index (χ4v) is 3.74. The van der Waals surface area contributed by atoms with E-state index < -0.39 is 0 Å². The van der Waals surface area contributed by atoms with E-state index in [0.717, 1.165) is 63.5 Å². The first-order valence-electron chi connectivity index (χ1n) is 8.83. The summed E-state index contributed by atoms with van der Waals surface area (Å²) in [6.45, 7) is 2.77. The molecule has 0 amide bonds. The molecule has 0 spiro atoms. The van der Waals surface area contributed by atoms with Crippen LogP contribution in [0.4, 0.5) is 0 Å². The quantitative estimate of drug-likeness (QED) is 0.567. The van der Waals surface area contributed by atoms with Crippen LogP contribution in [-0.2, 0) is 6.42 Å². The van der Waals surface area contributed by atoms with E-state index in [1.54, 1.807) is 14.2 Å². The van der Waals surface area contributed by atoms with E-state index in [1.807, 2.05) is 30.3 Å². The van der Waals surface area contributed by atoms with E-state index in [4.69, 9.17) is 26.8 Å². The van der Waals surface area contributed by atoms with Crippen LogP contribution in [0.5, 0.6) is 11.5 Å². The zero-order chi connectivity index (χ0) is 18.7. The molecule has 3 aromatic rings. The second-order valence-corrected chi connectivity index (χ2v) is 6.78. The molecular weight excluding hydrogens is 348 g/mol. The smallest absolute Gasteiger partial charge is 0.131 e. The van der Waals surface area contributed by atoms with Crippen molar-refractivity contribution in [1.82, 2.24) is 4.98 Å². The number of hydrogen-bond donors (Lipinski definition) is 2. The lowest BCUT2D eigenvalue weighted by Crippen LogP contribution is -2.00. The molecule has 4 nitrogen and oxygen atoms in total. The number of nitrogens with one attached hydrogen (secondary N) is 1. The van der Waals surface area contributed by atoms with Crippen LogP contribution in [0.1, 0.15) is 24.0 Å². The van der Waals surface area contributed by atoms with Gasteiger partial charge in [0, 0.05) is 5.39 Å². The van der Waals surface area contributed by atoms with Gasteiger partial charge in [-0.3, -0.25) is 0 Å². The maximum absolute atomic E-state index is 6.59. The van der Waals surface area contributed by atoms with Gasteiger partial charge in [0.15, 0.2) is 0 Å². The van der Waals surface area contributed by atoms with Gasteiger partial charge >= 0.3 is 0 Å². The highest BCUT2D eigenvalue weighted by molar-refractivity contribution is 6.36. The van der Waals surface area contributed by atoms with Crippen molar-refractivity contribution >= 4 is 22.5 Å². The van der Waals surface area contributed by atoms with Gasteiger partial charge in [-0.2, -0.15) is 0 Å². The predicted molar refractivity (Wildman–Crippen MR) is 109 cm³/mol. The summed E-state index contributed by atoms with van der Waals surface area (Å²) < 4.78 is 11.3. The molecule has 2 aromatic carbocycles. The van der Waals surface area contributed by atoms with E-state index in [0.29, 0.717) is 6.54 Å². The fraction of sp³-hybridized carbons (Fsp3) is 0.333.